The van der Waals surface area contributed by atoms with E-state index in [1.807, 2.05) is 31.2 Å². The molecule has 2 heterocycles. The summed E-state index contributed by atoms with van der Waals surface area (Å²) in [6, 6.07) is 12.5. The van der Waals surface area contributed by atoms with Crippen molar-refractivity contribution in [3.05, 3.63) is 75.1 Å². The summed E-state index contributed by atoms with van der Waals surface area (Å²) in [5.41, 5.74) is 2.17. The molecule has 4 rings (SSSR count). The van der Waals surface area contributed by atoms with Crippen LogP contribution >= 0.6 is 11.3 Å². The van der Waals surface area contributed by atoms with Crippen molar-refractivity contribution in [1.82, 2.24) is 9.55 Å². The fraction of sp³-hybridized carbons (Fsp3) is 0.200. The van der Waals surface area contributed by atoms with E-state index in [-0.39, 0.29) is 12.5 Å². The molecule has 0 radical (unpaired) electrons. The maximum Gasteiger partial charge on any atom is 0.266 e. The Hall–Kier alpha value is -4.18. The molecule has 0 unspecified atom stereocenters. The second kappa shape index (κ2) is 9.98. The molecule has 0 bridgehead atoms. The molecule has 2 aromatic carbocycles. The lowest BCUT2D eigenvalue weighted by Crippen LogP contribution is -2.28. The van der Waals surface area contributed by atoms with Crippen LogP contribution in [0.2, 0.25) is 0 Å². The van der Waals surface area contributed by atoms with Crippen molar-refractivity contribution < 1.29 is 19.1 Å². The number of benzene rings is 2. The Morgan fingerprint density at radius 2 is 1.80 bits per heavy atom. The van der Waals surface area contributed by atoms with Gasteiger partial charge in [-0.2, -0.15) is 0 Å². The van der Waals surface area contributed by atoms with E-state index in [2.05, 4.69) is 15.6 Å². The maximum absolute atomic E-state index is 13.2. The number of carbonyl (C=O) groups is 2. The third kappa shape index (κ3) is 4.87. The third-order valence-electron chi connectivity index (χ3n) is 5.51. The Kier molecular flexibility index (Phi) is 6.83. The van der Waals surface area contributed by atoms with Gasteiger partial charge in [0.25, 0.3) is 11.5 Å². The standard InChI is InChI=1S/C25H24N4O5S/c1-14-7-5-6-8-17(14)28-23(31)22-15(2)21-24(35-22)26-13-29(25(21)32)12-20(30)27-18-11-16(33-3)9-10-19(18)34-4/h5-11,13H,12H2,1-4H3,(H,27,30)(H,28,31). The van der Waals surface area contributed by atoms with Crippen LogP contribution in [-0.2, 0) is 11.3 Å². The summed E-state index contributed by atoms with van der Waals surface area (Å²) >= 11 is 1.14. The number of anilines is 2. The molecule has 2 amide bonds. The van der Waals surface area contributed by atoms with Gasteiger partial charge in [-0.15, -0.1) is 11.3 Å². The first-order valence-electron chi connectivity index (χ1n) is 10.7. The SMILES string of the molecule is COc1ccc(OC)c(NC(=O)Cn2cnc3sc(C(=O)Nc4ccccc4C)c(C)c3c2=O)c1. The topological polar surface area (TPSA) is 112 Å². The number of rotatable bonds is 7. The summed E-state index contributed by atoms with van der Waals surface area (Å²) in [6.07, 6.45) is 1.31. The molecule has 2 aromatic heterocycles. The number of nitrogens with one attached hydrogen (secondary N) is 2. The predicted octanol–water partition coefficient (Wildman–Crippen LogP) is 3.98. The van der Waals surface area contributed by atoms with Gasteiger partial charge in [-0.25, -0.2) is 4.98 Å². The number of hydrogen-bond donors (Lipinski definition) is 2. The van der Waals surface area contributed by atoms with E-state index in [0.717, 1.165) is 16.9 Å². The predicted molar refractivity (Wildman–Crippen MR) is 136 cm³/mol. The number of amides is 2. The Morgan fingerprint density at radius 3 is 2.51 bits per heavy atom. The van der Waals surface area contributed by atoms with Crippen molar-refractivity contribution in [1.29, 1.82) is 0 Å². The fourth-order valence-electron chi connectivity index (χ4n) is 3.64. The van der Waals surface area contributed by atoms with Gasteiger partial charge in [0, 0.05) is 11.8 Å². The second-order valence-electron chi connectivity index (χ2n) is 7.80. The Morgan fingerprint density at radius 1 is 1.03 bits per heavy atom. The molecular weight excluding hydrogens is 468 g/mol. The first-order chi connectivity index (χ1) is 16.8. The highest BCUT2D eigenvalue weighted by atomic mass is 32.1. The van der Waals surface area contributed by atoms with Gasteiger partial charge in [-0.3, -0.25) is 19.0 Å². The molecule has 0 atom stereocenters. The minimum Gasteiger partial charge on any atom is -0.497 e. The number of ether oxygens (including phenoxy) is 2. The summed E-state index contributed by atoms with van der Waals surface area (Å²) < 4.78 is 11.7. The molecular formula is C25H24N4O5S. The van der Waals surface area contributed by atoms with Gasteiger partial charge in [-0.05, 0) is 43.2 Å². The maximum atomic E-state index is 13.2. The number of para-hydroxylation sites is 1. The molecule has 0 aliphatic rings. The quantitative estimate of drug-likeness (QED) is 0.404. The van der Waals surface area contributed by atoms with Gasteiger partial charge in [0.1, 0.15) is 22.9 Å². The van der Waals surface area contributed by atoms with Crippen molar-refractivity contribution in [3.8, 4) is 11.5 Å². The zero-order valence-electron chi connectivity index (χ0n) is 19.7. The number of nitrogens with zero attached hydrogens (tertiary/aromatic N) is 2. The number of fused-ring (bicyclic) bond motifs is 1. The second-order valence-corrected chi connectivity index (χ2v) is 8.80. The summed E-state index contributed by atoms with van der Waals surface area (Å²) in [7, 11) is 3.01. The van der Waals surface area contributed by atoms with Gasteiger partial charge in [0.15, 0.2) is 0 Å². The van der Waals surface area contributed by atoms with Crippen LogP contribution in [0.4, 0.5) is 11.4 Å². The van der Waals surface area contributed by atoms with E-state index in [1.165, 1.54) is 25.1 Å². The van der Waals surface area contributed by atoms with Gasteiger partial charge in [0.2, 0.25) is 5.91 Å². The molecule has 0 aliphatic heterocycles. The zero-order chi connectivity index (χ0) is 25.1. The van der Waals surface area contributed by atoms with E-state index in [0.29, 0.717) is 43.5 Å². The van der Waals surface area contributed by atoms with Gasteiger partial charge >= 0.3 is 0 Å². The Balaban J connectivity index is 1.59. The average molecular weight is 493 g/mol. The highest BCUT2D eigenvalue weighted by Crippen LogP contribution is 2.30. The van der Waals surface area contributed by atoms with Gasteiger partial charge in [-0.1, -0.05) is 18.2 Å². The van der Waals surface area contributed by atoms with Crippen LogP contribution in [0.25, 0.3) is 10.2 Å². The molecule has 0 aliphatic carbocycles. The monoisotopic (exact) mass is 492 g/mol. The van der Waals surface area contributed by atoms with E-state index < -0.39 is 11.5 Å². The Labute approximate surface area is 205 Å². The molecule has 0 fully saturated rings. The molecule has 180 valence electrons. The van der Waals surface area contributed by atoms with Crippen LogP contribution in [0.5, 0.6) is 11.5 Å². The minimum atomic E-state index is -0.440. The summed E-state index contributed by atoms with van der Waals surface area (Å²) in [5.74, 6) is 0.253. The van der Waals surface area contributed by atoms with Crippen LogP contribution in [0.1, 0.15) is 20.8 Å². The fourth-order valence-corrected chi connectivity index (χ4v) is 4.67. The van der Waals surface area contributed by atoms with E-state index >= 15 is 0 Å². The first kappa shape index (κ1) is 24.0. The molecule has 0 saturated heterocycles. The lowest BCUT2D eigenvalue weighted by atomic mass is 10.2. The summed E-state index contributed by atoms with van der Waals surface area (Å²) in [5, 5.41) is 5.95. The minimum absolute atomic E-state index is 0.262. The zero-order valence-corrected chi connectivity index (χ0v) is 20.5. The molecule has 35 heavy (non-hydrogen) atoms. The number of methoxy groups -OCH3 is 2. The average Bonchev–Trinajstić information content (AvgIpc) is 3.19. The number of aryl methyl sites for hydroxylation is 2. The third-order valence-corrected chi connectivity index (χ3v) is 6.71. The molecule has 2 N–H and O–H groups in total. The van der Waals surface area contributed by atoms with Crippen molar-refractivity contribution in [2.24, 2.45) is 0 Å². The summed E-state index contributed by atoms with van der Waals surface area (Å²) in [6.45, 7) is 3.35. The Bertz CT molecular complexity index is 1490. The summed E-state index contributed by atoms with van der Waals surface area (Å²) in [4.78, 5) is 44.0. The van der Waals surface area contributed by atoms with E-state index in [9.17, 15) is 14.4 Å². The number of thiophene rings is 1. The molecule has 10 heteroatoms. The lowest BCUT2D eigenvalue weighted by molar-refractivity contribution is -0.116. The van der Waals surface area contributed by atoms with Crippen LogP contribution in [0.3, 0.4) is 0 Å². The van der Waals surface area contributed by atoms with Crippen LogP contribution in [0.15, 0.2) is 53.6 Å². The van der Waals surface area contributed by atoms with Crippen LogP contribution < -0.4 is 25.7 Å². The van der Waals surface area contributed by atoms with Crippen molar-refractivity contribution >= 4 is 44.7 Å². The van der Waals surface area contributed by atoms with Crippen molar-refractivity contribution in [2.75, 3.05) is 24.9 Å². The highest BCUT2D eigenvalue weighted by Gasteiger charge is 2.21. The van der Waals surface area contributed by atoms with Gasteiger partial charge in [0.05, 0.1) is 36.5 Å². The molecule has 0 saturated carbocycles. The molecule has 4 aromatic rings. The molecule has 0 spiro atoms. The van der Waals surface area contributed by atoms with E-state index in [1.54, 1.807) is 25.1 Å². The normalized spacial score (nSPS) is 10.7. The van der Waals surface area contributed by atoms with Crippen molar-refractivity contribution in [2.45, 2.75) is 20.4 Å². The number of carbonyl (C=O) groups excluding carboxylic acids is 2. The largest absolute Gasteiger partial charge is 0.497 e. The molecule has 9 nitrogen and oxygen atoms in total. The van der Waals surface area contributed by atoms with E-state index in [4.69, 9.17) is 9.47 Å². The number of aromatic nitrogens is 2. The van der Waals surface area contributed by atoms with Crippen LogP contribution in [0, 0.1) is 13.8 Å². The highest BCUT2D eigenvalue weighted by molar-refractivity contribution is 7.20. The number of hydrogen-bond acceptors (Lipinski definition) is 7. The lowest BCUT2D eigenvalue weighted by Gasteiger charge is -2.12. The smallest absolute Gasteiger partial charge is 0.266 e. The first-order valence-corrected chi connectivity index (χ1v) is 11.5. The van der Waals surface area contributed by atoms with Gasteiger partial charge < -0.3 is 20.1 Å². The van der Waals surface area contributed by atoms with Crippen molar-refractivity contribution in [3.63, 3.8) is 0 Å². The van der Waals surface area contributed by atoms with Crippen LogP contribution in [-0.4, -0.2) is 35.6 Å².